The molecular weight excluding hydrogens is 212 g/mol. The molecule has 0 bridgehead atoms. The van der Waals surface area contributed by atoms with E-state index >= 15 is 0 Å². The monoisotopic (exact) mass is 234 g/mol. The molecule has 1 rings (SSSR count). The molecule has 1 aliphatic heterocycles. The number of likely N-dealkylation sites (N-methyl/N-ethyl adjacent to an activating group) is 1. The predicted molar refractivity (Wildman–Crippen MR) is 63.4 cm³/mol. The lowest BCUT2D eigenvalue weighted by Crippen LogP contribution is -2.45. The maximum Gasteiger partial charge on any atom is 0.0817 e. The predicted octanol–water partition coefficient (Wildman–Crippen LogP) is -0.197. The Hall–Kier alpha value is 0.0300. The van der Waals surface area contributed by atoms with Crippen LogP contribution in [0, 0.1) is 0 Å². The van der Waals surface area contributed by atoms with Gasteiger partial charge in [-0.2, -0.15) is 0 Å². The third-order valence-corrected chi connectivity index (χ3v) is 4.13. The van der Waals surface area contributed by atoms with E-state index in [0.29, 0.717) is 11.5 Å². The second-order valence-corrected chi connectivity index (χ2v) is 5.68. The molecule has 1 heterocycles. The van der Waals surface area contributed by atoms with Crippen molar-refractivity contribution in [1.82, 2.24) is 4.90 Å². The molecule has 1 aliphatic rings. The normalized spacial score (nSPS) is 27.5. The molecule has 0 aromatic rings. The third kappa shape index (κ3) is 5.06. The number of rotatable bonds is 5. The van der Waals surface area contributed by atoms with Gasteiger partial charge in [0.05, 0.1) is 18.5 Å². The van der Waals surface area contributed by atoms with Gasteiger partial charge in [0.1, 0.15) is 0 Å². The standard InChI is InChI=1S/C10H22N2O2S/c1-3-12-4-5-14-10(6-12)8-15(13)7-9(2)11/h9-10H,3-8,11H2,1-2H3. The van der Waals surface area contributed by atoms with Crippen molar-refractivity contribution in [2.24, 2.45) is 5.73 Å². The molecule has 3 unspecified atom stereocenters. The highest BCUT2D eigenvalue weighted by Gasteiger charge is 2.21. The molecule has 2 N–H and O–H groups in total. The van der Waals surface area contributed by atoms with Crippen molar-refractivity contribution in [3.05, 3.63) is 0 Å². The average molecular weight is 234 g/mol. The maximum absolute atomic E-state index is 11.6. The summed E-state index contributed by atoms with van der Waals surface area (Å²) in [6.07, 6.45) is 0.123. The van der Waals surface area contributed by atoms with Gasteiger partial charge in [-0.1, -0.05) is 6.92 Å². The summed E-state index contributed by atoms with van der Waals surface area (Å²) in [6, 6.07) is 0.0108. The summed E-state index contributed by atoms with van der Waals surface area (Å²) in [5, 5.41) is 0. The third-order valence-electron chi connectivity index (χ3n) is 2.49. The molecule has 3 atom stereocenters. The van der Waals surface area contributed by atoms with Gasteiger partial charge in [0.15, 0.2) is 0 Å². The topological polar surface area (TPSA) is 55.6 Å². The van der Waals surface area contributed by atoms with Gasteiger partial charge in [-0.15, -0.1) is 0 Å². The highest BCUT2D eigenvalue weighted by atomic mass is 32.2. The van der Waals surface area contributed by atoms with Gasteiger partial charge in [-0.05, 0) is 13.5 Å². The van der Waals surface area contributed by atoms with Crippen LogP contribution in [0.5, 0.6) is 0 Å². The summed E-state index contributed by atoms with van der Waals surface area (Å²) in [5.74, 6) is 1.20. The van der Waals surface area contributed by atoms with Crippen LogP contribution >= 0.6 is 0 Å². The smallest absolute Gasteiger partial charge is 0.0817 e. The van der Waals surface area contributed by atoms with Crippen LogP contribution in [0.1, 0.15) is 13.8 Å². The highest BCUT2D eigenvalue weighted by molar-refractivity contribution is 7.85. The molecule has 1 fully saturated rings. The largest absolute Gasteiger partial charge is 0.375 e. The fraction of sp³-hybridized carbons (Fsp3) is 1.00. The summed E-state index contributed by atoms with van der Waals surface area (Å²) in [5.41, 5.74) is 5.61. The molecule has 0 aromatic carbocycles. The molecule has 0 radical (unpaired) electrons. The Bertz CT molecular complexity index is 212. The van der Waals surface area contributed by atoms with Crippen molar-refractivity contribution in [1.29, 1.82) is 0 Å². The van der Waals surface area contributed by atoms with E-state index in [1.807, 2.05) is 6.92 Å². The minimum absolute atomic E-state index is 0.0108. The molecule has 0 aromatic heterocycles. The summed E-state index contributed by atoms with van der Waals surface area (Å²) in [6.45, 7) is 7.72. The Morgan fingerprint density at radius 3 is 3.00 bits per heavy atom. The summed E-state index contributed by atoms with van der Waals surface area (Å²) >= 11 is 0. The molecule has 15 heavy (non-hydrogen) atoms. The summed E-state index contributed by atoms with van der Waals surface area (Å²) < 4.78 is 17.2. The fourth-order valence-corrected chi connectivity index (χ4v) is 3.08. The van der Waals surface area contributed by atoms with Crippen molar-refractivity contribution in [2.75, 3.05) is 37.7 Å². The molecule has 1 saturated heterocycles. The van der Waals surface area contributed by atoms with E-state index in [-0.39, 0.29) is 12.1 Å². The van der Waals surface area contributed by atoms with Gasteiger partial charge in [0, 0.05) is 35.7 Å². The quantitative estimate of drug-likeness (QED) is 0.716. The van der Waals surface area contributed by atoms with E-state index in [9.17, 15) is 4.21 Å². The van der Waals surface area contributed by atoms with E-state index in [4.69, 9.17) is 10.5 Å². The van der Waals surface area contributed by atoms with Crippen LogP contribution in [0.15, 0.2) is 0 Å². The first-order valence-corrected chi connectivity index (χ1v) is 7.05. The van der Waals surface area contributed by atoms with Gasteiger partial charge >= 0.3 is 0 Å². The number of hydrogen-bond acceptors (Lipinski definition) is 4. The van der Waals surface area contributed by atoms with Crippen LogP contribution in [-0.4, -0.2) is 59.0 Å². The minimum atomic E-state index is -0.841. The van der Waals surface area contributed by atoms with Gasteiger partial charge in [0.2, 0.25) is 0 Å². The average Bonchev–Trinajstić information content (AvgIpc) is 2.16. The van der Waals surface area contributed by atoms with E-state index in [0.717, 1.165) is 26.2 Å². The molecule has 4 nitrogen and oxygen atoms in total. The molecular formula is C10H22N2O2S. The van der Waals surface area contributed by atoms with E-state index in [2.05, 4.69) is 11.8 Å². The molecule has 90 valence electrons. The Labute approximate surface area is 94.6 Å². The second kappa shape index (κ2) is 6.58. The molecule has 0 saturated carbocycles. The SMILES string of the molecule is CCN1CCOC(CS(=O)CC(C)N)C1. The Morgan fingerprint density at radius 2 is 2.40 bits per heavy atom. The number of hydrogen-bond donors (Lipinski definition) is 1. The lowest BCUT2D eigenvalue weighted by Gasteiger charge is -2.31. The lowest BCUT2D eigenvalue weighted by molar-refractivity contribution is -0.0141. The van der Waals surface area contributed by atoms with E-state index in [1.54, 1.807) is 0 Å². The first kappa shape index (κ1) is 13.1. The van der Waals surface area contributed by atoms with Crippen LogP contribution in [0.2, 0.25) is 0 Å². The van der Waals surface area contributed by atoms with Crippen molar-refractivity contribution in [3.8, 4) is 0 Å². The summed E-state index contributed by atoms with van der Waals surface area (Å²) in [4.78, 5) is 2.33. The zero-order valence-electron chi connectivity index (χ0n) is 9.65. The number of morpholine rings is 1. The molecule has 5 heteroatoms. The zero-order valence-corrected chi connectivity index (χ0v) is 10.5. The van der Waals surface area contributed by atoms with Crippen molar-refractivity contribution >= 4 is 10.8 Å². The first-order valence-electron chi connectivity index (χ1n) is 5.56. The van der Waals surface area contributed by atoms with Gasteiger partial charge < -0.3 is 10.5 Å². The van der Waals surface area contributed by atoms with Gasteiger partial charge in [0.25, 0.3) is 0 Å². The fourth-order valence-electron chi connectivity index (χ4n) is 1.74. The highest BCUT2D eigenvalue weighted by Crippen LogP contribution is 2.06. The van der Waals surface area contributed by atoms with E-state index in [1.165, 1.54) is 0 Å². The Balaban J connectivity index is 2.28. The van der Waals surface area contributed by atoms with Crippen LogP contribution in [0.3, 0.4) is 0 Å². The zero-order chi connectivity index (χ0) is 11.3. The van der Waals surface area contributed by atoms with Crippen LogP contribution in [-0.2, 0) is 15.5 Å². The first-order chi connectivity index (χ1) is 7.11. The Kier molecular flexibility index (Phi) is 5.74. The van der Waals surface area contributed by atoms with Gasteiger partial charge in [-0.3, -0.25) is 9.11 Å². The van der Waals surface area contributed by atoms with Crippen LogP contribution in [0.25, 0.3) is 0 Å². The second-order valence-electron chi connectivity index (χ2n) is 4.14. The number of ether oxygens (including phenoxy) is 1. The lowest BCUT2D eigenvalue weighted by atomic mass is 10.3. The van der Waals surface area contributed by atoms with Crippen LogP contribution in [0.4, 0.5) is 0 Å². The van der Waals surface area contributed by atoms with Crippen molar-refractivity contribution < 1.29 is 8.95 Å². The van der Waals surface area contributed by atoms with Crippen molar-refractivity contribution in [2.45, 2.75) is 26.0 Å². The van der Waals surface area contributed by atoms with Crippen molar-refractivity contribution in [3.63, 3.8) is 0 Å². The van der Waals surface area contributed by atoms with Crippen LogP contribution < -0.4 is 5.73 Å². The molecule has 0 spiro atoms. The maximum atomic E-state index is 11.6. The van der Waals surface area contributed by atoms with Gasteiger partial charge in [-0.25, -0.2) is 0 Å². The Morgan fingerprint density at radius 1 is 1.67 bits per heavy atom. The molecule has 0 amide bonds. The summed E-state index contributed by atoms with van der Waals surface area (Å²) in [7, 11) is -0.841. The van der Waals surface area contributed by atoms with E-state index < -0.39 is 10.8 Å². The molecule has 0 aliphatic carbocycles. The number of nitrogens with zero attached hydrogens (tertiary/aromatic N) is 1. The number of nitrogens with two attached hydrogens (primary N) is 1. The minimum Gasteiger partial charge on any atom is -0.375 e.